The maximum absolute atomic E-state index is 14.2. The molecule has 0 saturated heterocycles. The molecular weight excluding hydrogens is 318 g/mol. The van der Waals surface area contributed by atoms with Crippen LogP contribution in [0, 0.1) is 17.6 Å². The second-order valence-corrected chi connectivity index (χ2v) is 6.32. The van der Waals surface area contributed by atoms with Crippen LogP contribution in [0.25, 0.3) is 11.1 Å². The van der Waals surface area contributed by atoms with Crippen LogP contribution in [0.15, 0.2) is 49.1 Å². The molecule has 0 N–H and O–H groups in total. The summed E-state index contributed by atoms with van der Waals surface area (Å²) in [5.41, 5.74) is 2.12. The monoisotopic (exact) mass is 344 g/mol. The fourth-order valence-electron chi connectivity index (χ4n) is 3.08. The SMILES string of the molecule is C=CC(CCC)CCCc1ccc(-c2ccc(OC)c(F)c2F)cc1. The molecule has 0 aliphatic rings. The Balaban J connectivity index is 2.03. The zero-order valence-electron chi connectivity index (χ0n) is 15.0. The molecule has 1 atom stereocenters. The van der Waals surface area contributed by atoms with E-state index in [4.69, 9.17) is 4.74 Å². The zero-order valence-corrected chi connectivity index (χ0v) is 15.0. The quantitative estimate of drug-likeness (QED) is 0.468. The number of hydrogen-bond acceptors (Lipinski definition) is 1. The molecule has 0 radical (unpaired) electrons. The average Bonchev–Trinajstić information content (AvgIpc) is 2.64. The van der Waals surface area contributed by atoms with E-state index in [0.717, 1.165) is 19.3 Å². The number of ether oxygens (including phenoxy) is 1. The molecular formula is C22H26F2O. The molecule has 0 amide bonds. The zero-order chi connectivity index (χ0) is 18.2. The molecule has 3 heteroatoms. The summed E-state index contributed by atoms with van der Waals surface area (Å²) in [5, 5.41) is 0. The summed E-state index contributed by atoms with van der Waals surface area (Å²) < 4.78 is 32.8. The highest BCUT2D eigenvalue weighted by molar-refractivity contribution is 5.65. The summed E-state index contributed by atoms with van der Waals surface area (Å²) in [6, 6.07) is 10.7. The molecule has 25 heavy (non-hydrogen) atoms. The Morgan fingerprint density at radius 3 is 2.36 bits per heavy atom. The van der Waals surface area contributed by atoms with Gasteiger partial charge in [-0.2, -0.15) is 4.39 Å². The number of hydrogen-bond donors (Lipinski definition) is 0. The Hall–Kier alpha value is -2.16. The fourth-order valence-corrected chi connectivity index (χ4v) is 3.08. The fraction of sp³-hybridized carbons (Fsp3) is 0.364. The van der Waals surface area contributed by atoms with Gasteiger partial charge in [0.1, 0.15) is 0 Å². The molecule has 2 aromatic rings. The van der Waals surface area contributed by atoms with Crippen molar-refractivity contribution >= 4 is 0 Å². The average molecular weight is 344 g/mol. The van der Waals surface area contributed by atoms with Crippen LogP contribution in [0.1, 0.15) is 38.2 Å². The van der Waals surface area contributed by atoms with Gasteiger partial charge < -0.3 is 4.74 Å². The minimum absolute atomic E-state index is 0.0817. The highest BCUT2D eigenvalue weighted by Crippen LogP contribution is 2.30. The highest BCUT2D eigenvalue weighted by Gasteiger charge is 2.15. The molecule has 0 saturated carbocycles. The molecule has 0 heterocycles. The second kappa shape index (κ2) is 9.36. The maximum Gasteiger partial charge on any atom is 0.201 e. The van der Waals surface area contributed by atoms with E-state index in [9.17, 15) is 8.78 Å². The Morgan fingerprint density at radius 1 is 1.04 bits per heavy atom. The number of allylic oxidation sites excluding steroid dienone is 1. The van der Waals surface area contributed by atoms with Crippen LogP contribution in [0.2, 0.25) is 0 Å². The van der Waals surface area contributed by atoms with Crippen molar-refractivity contribution in [1.29, 1.82) is 0 Å². The van der Waals surface area contributed by atoms with Crippen molar-refractivity contribution in [2.75, 3.05) is 7.11 Å². The molecule has 0 aromatic heterocycles. The Kier molecular flexibility index (Phi) is 7.17. The second-order valence-electron chi connectivity index (χ2n) is 6.32. The van der Waals surface area contributed by atoms with Crippen LogP contribution < -0.4 is 4.74 Å². The van der Waals surface area contributed by atoms with Crippen molar-refractivity contribution in [2.45, 2.75) is 39.0 Å². The number of aryl methyl sites for hydroxylation is 1. The summed E-state index contributed by atoms with van der Waals surface area (Å²) in [6.07, 6.45) is 7.63. The van der Waals surface area contributed by atoms with E-state index >= 15 is 0 Å². The van der Waals surface area contributed by atoms with Crippen LogP contribution in [-0.4, -0.2) is 7.11 Å². The first-order valence-electron chi connectivity index (χ1n) is 8.84. The third-order valence-electron chi connectivity index (χ3n) is 4.56. The molecule has 2 aromatic carbocycles. The van der Waals surface area contributed by atoms with E-state index < -0.39 is 11.6 Å². The molecule has 1 unspecified atom stereocenters. The minimum atomic E-state index is -0.949. The highest BCUT2D eigenvalue weighted by atomic mass is 19.2. The van der Waals surface area contributed by atoms with Gasteiger partial charge in [-0.1, -0.05) is 43.7 Å². The predicted octanol–water partition coefficient (Wildman–Crippen LogP) is 6.57. The predicted molar refractivity (Wildman–Crippen MR) is 99.9 cm³/mol. The van der Waals surface area contributed by atoms with Crippen molar-refractivity contribution < 1.29 is 13.5 Å². The van der Waals surface area contributed by atoms with Gasteiger partial charge in [-0.05, 0) is 54.9 Å². The summed E-state index contributed by atoms with van der Waals surface area (Å²) in [7, 11) is 1.32. The number of halogens is 2. The smallest absolute Gasteiger partial charge is 0.201 e. The third kappa shape index (κ3) is 4.91. The van der Waals surface area contributed by atoms with E-state index in [0.29, 0.717) is 11.5 Å². The number of benzene rings is 2. The van der Waals surface area contributed by atoms with Gasteiger partial charge in [-0.3, -0.25) is 0 Å². The van der Waals surface area contributed by atoms with E-state index in [1.165, 1.54) is 31.6 Å². The molecule has 0 fully saturated rings. The van der Waals surface area contributed by atoms with Gasteiger partial charge in [0.2, 0.25) is 5.82 Å². The third-order valence-corrected chi connectivity index (χ3v) is 4.56. The topological polar surface area (TPSA) is 9.23 Å². The van der Waals surface area contributed by atoms with E-state index in [1.807, 2.05) is 30.3 Å². The molecule has 0 aliphatic heterocycles. The van der Waals surface area contributed by atoms with E-state index in [2.05, 4.69) is 13.5 Å². The minimum Gasteiger partial charge on any atom is -0.494 e. The lowest BCUT2D eigenvalue weighted by molar-refractivity contribution is 0.372. The summed E-state index contributed by atoms with van der Waals surface area (Å²) in [4.78, 5) is 0. The van der Waals surface area contributed by atoms with E-state index in [1.54, 1.807) is 6.07 Å². The van der Waals surface area contributed by atoms with Gasteiger partial charge in [0, 0.05) is 5.56 Å². The van der Waals surface area contributed by atoms with Crippen molar-refractivity contribution in [3.8, 4) is 16.9 Å². The van der Waals surface area contributed by atoms with Gasteiger partial charge in [-0.25, -0.2) is 4.39 Å². The Morgan fingerprint density at radius 2 is 1.76 bits per heavy atom. The van der Waals surface area contributed by atoms with Crippen LogP contribution in [0.4, 0.5) is 8.78 Å². The lowest BCUT2D eigenvalue weighted by Gasteiger charge is -2.11. The first-order valence-corrected chi connectivity index (χ1v) is 8.84. The summed E-state index contributed by atoms with van der Waals surface area (Å²) in [6.45, 7) is 6.09. The first-order chi connectivity index (χ1) is 12.1. The molecule has 0 bridgehead atoms. The van der Waals surface area contributed by atoms with Gasteiger partial charge in [0.05, 0.1) is 7.11 Å². The van der Waals surface area contributed by atoms with Crippen molar-refractivity contribution in [3.63, 3.8) is 0 Å². The first kappa shape index (κ1) is 19.2. The molecule has 0 aliphatic carbocycles. The van der Waals surface area contributed by atoms with Crippen LogP contribution in [0.3, 0.4) is 0 Å². The number of rotatable bonds is 9. The lowest BCUT2D eigenvalue weighted by Crippen LogP contribution is -1.97. The van der Waals surface area contributed by atoms with Gasteiger partial charge in [0.15, 0.2) is 11.6 Å². The summed E-state index contributed by atoms with van der Waals surface area (Å²) in [5.74, 6) is -1.32. The lowest BCUT2D eigenvalue weighted by atomic mass is 9.95. The molecule has 0 spiro atoms. The van der Waals surface area contributed by atoms with E-state index in [-0.39, 0.29) is 11.3 Å². The van der Waals surface area contributed by atoms with Crippen molar-refractivity contribution in [2.24, 2.45) is 5.92 Å². The molecule has 2 rings (SSSR count). The largest absolute Gasteiger partial charge is 0.494 e. The Bertz CT molecular complexity index is 692. The standard InChI is InChI=1S/C22H26F2O/c1-4-7-16(5-2)8-6-9-17-10-12-18(13-11-17)19-14-15-20(25-3)22(24)21(19)23/h5,10-16H,2,4,6-9H2,1,3H3. The van der Waals surface area contributed by atoms with Gasteiger partial charge >= 0.3 is 0 Å². The van der Waals surface area contributed by atoms with Crippen LogP contribution in [0.5, 0.6) is 5.75 Å². The van der Waals surface area contributed by atoms with Gasteiger partial charge in [0.25, 0.3) is 0 Å². The van der Waals surface area contributed by atoms with Crippen molar-refractivity contribution in [1.82, 2.24) is 0 Å². The summed E-state index contributed by atoms with van der Waals surface area (Å²) >= 11 is 0. The normalized spacial score (nSPS) is 12.0. The number of methoxy groups -OCH3 is 1. The van der Waals surface area contributed by atoms with Crippen LogP contribution in [-0.2, 0) is 6.42 Å². The molecule has 134 valence electrons. The Labute approximate surface area is 149 Å². The molecule has 1 nitrogen and oxygen atoms in total. The maximum atomic E-state index is 14.2. The van der Waals surface area contributed by atoms with Crippen molar-refractivity contribution in [3.05, 3.63) is 66.3 Å². The van der Waals surface area contributed by atoms with Gasteiger partial charge in [-0.15, -0.1) is 6.58 Å². The van der Waals surface area contributed by atoms with Crippen LogP contribution >= 0.6 is 0 Å².